The van der Waals surface area contributed by atoms with E-state index in [-0.39, 0.29) is 11.6 Å². The van der Waals surface area contributed by atoms with Crippen molar-refractivity contribution in [3.63, 3.8) is 0 Å². The summed E-state index contributed by atoms with van der Waals surface area (Å²) in [5.74, 6) is 0. The fourth-order valence-electron chi connectivity index (χ4n) is 1.08. The van der Waals surface area contributed by atoms with Crippen molar-refractivity contribution in [1.82, 2.24) is 4.89 Å². The predicted octanol–water partition coefficient (Wildman–Crippen LogP) is 2.13. The fraction of sp³-hybridized carbons (Fsp3) is 0.250. The summed E-state index contributed by atoms with van der Waals surface area (Å²) in [5.41, 5.74) is -0.669. The van der Waals surface area contributed by atoms with E-state index < -0.39 is 30.6 Å². The van der Waals surface area contributed by atoms with Crippen LogP contribution in [-0.2, 0) is 14.9 Å². The molecule has 18 heavy (non-hydrogen) atoms. The molecule has 0 aliphatic rings. The maximum absolute atomic E-state index is 11.7. The van der Waals surface area contributed by atoms with Gasteiger partial charge >= 0.3 is 5.69 Å². The van der Waals surface area contributed by atoms with E-state index in [9.17, 15) is 18.5 Å². The van der Waals surface area contributed by atoms with E-state index in [0.29, 0.717) is 0 Å². The third-order valence-electron chi connectivity index (χ3n) is 1.82. The van der Waals surface area contributed by atoms with E-state index in [1.165, 1.54) is 0 Å². The summed E-state index contributed by atoms with van der Waals surface area (Å²) in [6.45, 7) is 1.65. The fourth-order valence-corrected chi connectivity index (χ4v) is 2.83. The van der Waals surface area contributed by atoms with Crippen molar-refractivity contribution >= 4 is 38.9 Å². The molecule has 1 N–H and O–H groups in total. The number of nitrogens with one attached hydrogen (secondary N) is 1. The lowest BCUT2D eigenvalue weighted by Gasteiger charge is -2.08. The summed E-state index contributed by atoms with van der Waals surface area (Å²) >= 11 is 11.2. The van der Waals surface area contributed by atoms with Gasteiger partial charge < -0.3 is 0 Å². The molecule has 1 aromatic rings. The van der Waals surface area contributed by atoms with Gasteiger partial charge in [-0.15, -0.1) is 0 Å². The summed E-state index contributed by atoms with van der Waals surface area (Å²) in [7, 11) is -4.09. The van der Waals surface area contributed by atoms with Crippen LogP contribution in [0.15, 0.2) is 17.0 Å². The smallest absolute Gasteiger partial charge is 0.287 e. The molecule has 0 spiro atoms. The molecular weight excluding hydrogens is 307 g/mol. The maximum Gasteiger partial charge on any atom is 0.307 e. The zero-order chi connectivity index (χ0) is 13.9. The molecule has 0 amide bonds. The molecule has 0 fully saturated rings. The van der Waals surface area contributed by atoms with E-state index in [1.807, 2.05) is 0 Å². The molecule has 0 unspecified atom stereocenters. The minimum absolute atomic E-state index is 0.0898. The molecule has 7 nitrogen and oxygen atoms in total. The quantitative estimate of drug-likeness (QED) is 0.663. The minimum atomic E-state index is -4.09. The summed E-state index contributed by atoms with van der Waals surface area (Å²) < 4.78 is 23.4. The van der Waals surface area contributed by atoms with Crippen molar-refractivity contribution in [2.24, 2.45) is 0 Å². The van der Waals surface area contributed by atoms with Gasteiger partial charge in [-0.3, -0.25) is 15.0 Å². The molecule has 0 bridgehead atoms. The Balaban J connectivity index is 3.36. The largest absolute Gasteiger partial charge is 0.307 e. The number of hydrogen-bond acceptors (Lipinski definition) is 5. The van der Waals surface area contributed by atoms with E-state index in [4.69, 9.17) is 23.2 Å². The van der Waals surface area contributed by atoms with Crippen molar-refractivity contribution < 1.29 is 18.2 Å². The van der Waals surface area contributed by atoms with Crippen LogP contribution in [0.5, 0.6) is 0 Å². The lowest BCUT2D eigenvalue weighted by atomic mass is 10.3. The van der Waals surface area contributed by atoms with Gasteiger partial charge in [-0.25, -0.2) is 8.42 Å². The zero-order valence-corrected chi connectivity index (χ0v) is 11.3. The van der Waals surface area contributed by atoms with Crippen molar-refractivity contribution in [3.05, 3.63) is 32.3 Å². The van der Waals surface area contributed by atoms with Gasteiger partial charge in [0.05, 0.1) is 11.5 Å². The molecule has 0 radical (unpaired) electrons. The second kappa shape index (κ2) is 5.81. The van der Waals surface area contributed by atoms with E-state index in [2.05, 4.69) is 4.84 Å². The van der Waals surface area contributed by atoms with Gasteiger partial charge in [0.25, 0.3) is 10.0 Å². The first-order valence-electron chi connectivity index (χ1n) is 4.57. The van der Waals surface area contributed by atoms with Gasteiger partial charge in [-0.05, 0) is 19.1 Å². The topological polar surface area (TPSA) is 98.5 Å². The number of nitro groups is 1. The van der Waals surface area contributed by atoms with Crippen molar-refractivity contribution in [2.45, 2.75) is 11.8 Å². The van der Waals surface area contributed by atoms with Gasteiger partial charge in [0, 0.05) is 0 Å². The van der Waals surface area contributed by atoms with Crippen LogP contribution in [-0.4, -0.2) is 19.9 Å². The average molecular weight is 315 g/mol. The molecule has 0 atom stereocenters. The highest BCUT2D eigenvalue weighted by Crippen LogP contribution is 2.36. The van der Waals surface area contributed by atoms with Gasteiger partial charge in [0.2, 0.25) is 0 Å². The van der Waals surface area contributed by atoms with Crippen molar-refractivity contribution in [1.29, 1.82) is 0 Å². The van der Waals surface area contributed by atoms with Crippen LogP contribution in [0.3, 0.4) is 0 Å². The van der Waals surface area contributed by atoms with E-state index >= 15 is 0 Å². The van der Waals surface area contributed by atoms with E-state index in [0.717, 1.165) is 12.1 Å². The molecule has 0 aromatic heterocycles. The van der Waals surface area contributed by atoms with Gasteiger partial charge in [0.15, 0.2) is 0 Å². The minimum Gasteiger partial charge on any atom is -0.287 e. The van der Waals surface area contributed by atoms with Gasteiger partial charge in [0.1, 0.15) is 14.9 Å². The molecule has 0 heterocycles. The Labute approximate surface area is 113 Å². The second-order valence-corrected chi connectivity index (χ2v) is 5.38. The standard InChI is InChI=1S/C8H8Cl2N2O5S/c1-2-17-11-18(15,16)6-4-3-5(9)8(7(6)10)12(13)14/h3-4,11H,2H2,1H3. The SMILES string of the molecule is CCONS(=O)(=O)c1ccc(Cl)c([N+](=O)[O-])c1Cl. The number of nitrogens with zero attached hydrogens (tertiary/aromatic N) is 1. The molecular formula is C8H8Cl2N2O5S. The van der Waals surface area contributed by atoms with Crippen molar-refractivity contribution in [2.75, 3.05) is 6.61 Å². The first kappa shape index (κ1) is 15.1. The number of hydrogen-bond donors (Lipinski definition) is 1. The van der Waals surface area contributed by atoms with Crippen LogP contribution in [0.4, 0.5) is 5.69 Å². The van der Waals surface area contributed by atoms with Crippen LogP contribution in [0, 0.1) is 10.1 Å². The van der Waals surface area contributed by atoms with Crippen LogP contribution < -0.4 is 4.89 Å². The highest BCUT2D eigenvalue weighted by atomic mass is 35.5. The Kier molecular flexibility index (Phi) is 4.88. The molecule has 0 aliphatic heterocycles. The van der Waals surface area contributed by atoms with Crippen LogP contribution in [0.25, 0.3) is 0 Å². The van der Waals surface area contributed by atoms with E-state index in [1.54, 1.807) is 11.8 Å². The Morgan fingerprint density at radius 1 is 1.44 bits per heavy atom. The van der Waals surface area contributed by atoms with Crippen molar-refractivity contribution in [3.8, 4) is 0 Å². The highest BCUT2D eigenvalue weighted by Gasteiger charge is 2.27. The first-order chi connectivity index (χ1) is 8.31. The second-order valence-electron chi connectivity index (χ2n) is 2.99. The maximum atomic E-state index is 11.7. The average Bonchev–Trinajstić information content (AvgIpc) is 2.25. The summed E-state index contributed by atoms with van der Waals surface area (Å²) in [6, 6.07) is 2.13. The Bertz CT molecular complexity index is 575. The monoisotopic (exact) mass is 314 g/mol. The molecule has 100 valence electrons. The Hall–Kier alpha value is -0.930. The molecule has 1 aromatic carbocycles. The lowest BCUT2D eigenvalue weighted by molar-refractivity contribution is -0.384. The zero-order valence-electron chi connectivity index (χ0n) is 9.01. The lowest BCUT2D eigenvalue weighted by Crippen LogP contribution is -2.24. The third kappa shape index (κ3) is 3.09. The summed E-state index contributed by atoms with van der Waals surface area (Å²) in [4.78, 5) is 15.7. The van der Waals surface area contributed by atoms with Gasteiger partial charge in [-0.1, -0.05) is 28.1 Å². The molecule has 1 rings (SSSR count). The molecule has 10 heteroatoms. The van der Waals surface area contributed by atoms with Crippen LogP contribution in [0.1, 0.15) is 6.92 Å². The van der Waals surface area contributed by atoms with Crippen LogP contribution in [0.2, 0.25) is 10.0 Å². The number of benzene rings is 1. The van der Waals surface area contributed by atoms with Crippen LogP contribution >= 0.6 is 23.2 Å². The first-order valence-corrected chi connectivity index (χ1v) is 6.81. The predicted molar refractivity (Wildman–Crippen MR) is 65.1 cm³/mol. The molecule has 0 aliphatic carbocycles. The number of nitro benzene ring substituents is 1. The Morgan fingerprint density at radius 2 is 2.06 bits per heavy atom. The van der Waals surface area contributed by atoms with Gasteiger partial charge in [-0.2, -0.15) is 0 Å². The highest BCUT2D eigenvalue weighted by molar-refractivity contribution is 7.89. The Morgan fingerprint density at radius 3 is 2.56 bits per heavy atom. The number of halogens is 2. The summed E-state index contributed by atoms with van der Waals surface area (Å²) in [5, 5.41) is 9.91. The normalized spacial score (nSPS) is 11.5. The number of sulfonamides is 1. The number of rotatable bonds is 5. The third-order valence-corrected chi connectivity index (χ3v) is 3.87. The molecule has 0 saturated heterocycles. The molecule has 0 saturated carbocycles. The summed E-state index contributed by atoms with van der Waals surface area (Å²) in [6.07, 6.45) is 0.